The molecular weight excluding hydrogens is 248 g/mol. The first kappa shape index (κ1) is 13.1. The molecular formula is C9H14N2O3S2. The zero-order valence-corrected chi connectivity index (χ0v) is 10.7. The third kappa shape index (κ3) is 4.28. The van der Waals surface area contributed by atoms with Crippen molar-refractivity contribution in [3.05, 3.63) is 11.1 Å². The number of rotatable bonds is 6. The van der Waals surface area contributed by atoms with Gasteiger partial charge in [-0.15, -0.1) is 11.3 Å². The molecule has 0 bridgehead atoms. The minimum Gasteiger partial charge on any atom is -0.481 e. The van der Waals surface area contributed by atoms with E-state index in [0.717, 1.165) is 0 Å². The molecule has 90 valence electrons. The second kappa shape index (κ2) is 5.95. The summed E-state index contributed by atoms with van der Waals surface area (Å²) >= 11 is 1.36. The molecule has 0 saturated carbocycles. The zero-order valence-electron chi connectivity index (χ0n) is 9.10. The molecule has 2 unspecified atom stereocenters. The molecule has 0 spiro atoms. The van der Waals surface area contributed by atoms with Gasteiger partial charge in [-0.05, 0) is 6.92 Å². The Morgan fingerprint density at radius 1 is 1.75 bits per heavy atom. The third-order valence-electron chi connectivity index (χ3n) is 1.99. The zero-order chi connectivity index (χ0) is 12.1. The Hall–Kier alpha value is -0.950. The van der Waals surface area contributed by atoms with Crippen LogP contribution in [0.3, 0.4) is 0 Å². The molecule has 0 amide bonds. The number of anilines is 1. The fraction of sp³-hybridized carbons (Fsp3) is 0.556. The van der Waals surface area contributed by atoms with Crippen molar-refractivity contribution in [3.63, 3.8) is 0 Å². The lowest BCUT2D eigenvalue weighted by molar-refractivity contribution is -0.136. The molecule has 0 saturated heterocycles. The summed E-state index contributed by atoms with van der Waals surface area (Å²) in [5.41, 5.74) is 0.547. The molecule has 2 atom stereocenters. The van der Waals surface area contributed by atoms with Crippen molar-refractivity contribution in [2.75, 3.05) is 18.1 Å². The van der Waals surface area contributed by atoms with Gasteiger partial charge in [-0.25, -0.2) is 4.98 Å². The molecule has 0 radical (unpaired) electrons. The molecule has 1 rings (SSSR count). The van der Waals surface area contributed by atoms with E-state index in [1.54, 1.807) is 11.6 Å². The van der Waals surface area contributed by atoms with Crippen molar-refractivity contribution < 1.29 is 14.1 Å². The summed E-state index contributed by atoms with van der Waals surface area (Å²) in [4.78, 5) is 14.5. The molecule has 0 aliphatic carbocycles. The van der Waals surface area contributed by atoms with Gasteiger partial charge in [0.15, 0.2) is 5.13 Å². The highest BCUT2D eigenvalue weighted by Crippen LogP contribution is 2.15. The van der Waals surface area contributed by atoms with Crippen molar-refractivity contribution in [3.8, 4) is 0 Å². The summed E-state index contributed by atoms with van der Waals surface area (Å²) in [6.45, 7) is 2.46. The van der Waals surface area contributed by atoms with E-state index in [1.165, 1.54) is 11.3 Å². The highest BCUT2D eigenvalue weighted by atomic mass is 32.2. The number of hydrogen-bond acceptors (Lipinski definition) is 5. The smallest absolute Gasteiger partial charge is 0.309 e. The number of hydrogen-bond donors (Lipinski definition) is 2. The van der Waals surface area contributed by atoms with Crippen LogP contribution in [0.25, 0.3) is 0 Å². The first-order valence-corrected chi connectivity index (χ1v) is 7.21. The minimum absolute atomic E-state index is 0.0480. The van der Waals surface area contributed by atoms with Gasteiger partial charge in [-0.2, -0.15) is 0 Å². The van der Waals surface area contributed by atoms with Crippen LogP contribution < -0.4 is 5.32 Å². The maximum Gasteiger partial charge on any atom is 0.309 e. The Morgan fingerprint density at radius 3 is 3.00 bits per heavy atom. The second-order valence-electron chi connectivity index (χ2n) is 3.40. The van der Waals surface area contributed by atoms with Crippen LogP contribution in [-0.2, 0) is 22.0 Å². The Balaban J connectivity index is 2.46. The molecule has 5 nitrogen and oxygen atoms in total. The minimum atomic E-state index is -0.889. The lowest BCUT2D eigenvalue weighted by Gasteiger charge is -2.07. The third-order valence-corrected chi connectivity index (χ3v) is 4.14. The SMILES string of the molecule is CC(CNc1nc(CC(=O)O)cs1)S(C)=O. The Kier molecular flexibility index (Phi) is 4.88. The molecule has 16 heavy (non-hydrogen) atoms. The maximum absolute atomic E-state index is 11.1. The lowest BCUT2D eigenvalue weighted by atomic mass is 10.3. The number of nitrogens with zero attached hydrogens (tertiary/aromatic N) is 1. The van der Waals surface area contributed by atoms with E-state index in [-0.39, 0.29) is 11.7 Å². The molecule has 1 aromatic heterocycles. The average molecular weight is 262 g/mol. The highest BCUT2D eigenvalue weighted by molar-refractivity contribution is 7.84. The molecule has 0 aliphatic rings. The van der Waals surface area contributed by atoms with Gasteiger partial charge in [0.05, 0.1) is 12.1 Å². The Bertz CT molecular complexity index is 392. The fourth-order valence-electron chi connectivity index (χ4n) is 0.973. The summed E-state index contributed by atoms with van der Waals surface area (Å²) in [6, 6.07) is 0. The first-order valence-electron chi connectivity index (χ1n) is 4.71. The van der Waals surface area contributed by atoms with Crippen LogP contribution in [0.2, 0.25) is 0 Å². The number of aliphatic carboxylic acids is 1. The number of carbonyl (C=O) groups is 1. The fourth-order valence-corrected chi connectivity index (χ4v) is 2.01. The van der Waals surface area contributed by atoms with E-state index in [9.17, 15) is 9.00 Å². The summed E-state index contributed by atoms with van der Waals surface area (Å²) in [6.07, 6.45) is 1.59. The van der Waals surface area contributed by atoms with Crippen LogP contribution in [0, 0.1) is 0 Å². The van der Waals surface area contributed by atoms with Crippen LogP contribution in [-0.4, -0.2) is 38.3 Å². The monoisotopic (exact) mass is 262 g/mol. The van der Waals surface area contributed by atoms with Gasteiger partial charge in [-0.1, -0.05) is 0 Å². The molecule has 2 N–H and O–H groups in total. The van der Waals surface area contributed by atoms with Gasteiger partial charge < -0.3 is 10.4 Å². The largest absolute Gasteiger partial charge is 0.481 e. The normalized spacial score (nSPS) is 14.4. The molecule has 7 heteroatoms. The lowest BCUT2D eigenvalue weighted by Crippen LogP contribution is -2.20. The standard InChI is InChI=1S/C9H14N2O3S2/c1-6(16(2)14)4-10-9-11-7(5-15-9)3-8(12)13/h5-6H,3-4H2,1-2H3,(H,10,11)(H,12,13). The Labute approximate surface area is 100 Å². The molecule has 0 aromatic carbocycles. The van der Waals surface area contributed by atoms with Gasteiger partial charge in [0.25, 0.3) is 0 Å². The van der Waals surface area contributed by atoms with Gasteiger partial charge in [0.1, 0.15) is 0 Å². The number of carboxylic acids is 1. The van der Waals surface area contributed by atoms with E-state index in [2.05, 4.69) is 10.3 Å². The van der Waals surface area contributed by atoms with Gasteiger partial charge in [0.2, 0.25) is 0 Å². The van der Waals surface area contributed by atoms with E-state index in [4.69, 9.17) is 5.11 Å². The quantitative estimate of drug-likeness (QED) is 0.798. The summed E-state index contributed by atoms with van der Waals surface area (Å²) in [5.74, 6) is -0.889. The predicted octanol–water partition coefficient (Wildman–Crippen LogP) is 0.949. The number of thiazole rings is 1. The molecule has 1 aromatic rings. The maximum atomic E-state index is 11.1. The summed E-state index contributed by atoms with van der Waals surface area (Å²) in [5, 5.41) is 14.0. The highest BCUT2D eigenvalue weighted by Gasteiger charge is 2.09. The molecule has 0 aliphatic heterocycles. The first-order chi connectivity index (χ1) is 7.49. The van der Waals surface area contributed by atoms with Gasteiger partial charge in [0, 0.05) is 34.2 Å². The van der Waals surface area contributed by atoms with Crippen LogP contribution in [0.4, 0.5) is 5.13 Å². The number of carboxylic acid groups (broad SMARTS) is 1. The Morgan fingerprint density at radius 2 is 2.44 bits per heavy atom. The van der Waals surface area contributed by atoms with E-state index >= 15 is 0 Å². The van der Waals surface area contributed by atoms with E-state index in [0.29, 0.717) is 17.4 Å². The predicted molar refractivity (Wildman–Crippen MR) is 65.5 cm³/mol. The van der Waals surface area contributed by atoms with Crippen LogP contribution in [0.15, 0.2) is 5.38 Å². The molecule has 0 fully saturated rings. The van der Waals surface area contributed by atoms with Crippen molar-refractivity contribution in [1.29, 1.82) is 0 Å². The van der Waals surface area contributed by atoms with Crippen molar-refractivity contribution in [1.82, 2.24) is 4.98 Å². The van der Waals surface area contributed by atoms with Gasteiger partial charge in [-0.3, -0.25) is 9.00 Å². The van der Waals surface area contributed by atoms with E-state index in [1.807, 2.05) is 6.92 Å². The second-order valence-corrected chi connectivity index (χ2v) is 6.06. The topological polar surface area (TPSA) is 79.3 Å². The van der Waals surface area contributed by atoms with E-state index < -0.39 is 16.8 Å². The van der Waals surface area contributed by atoms with Crippen molar-refractivity contribution in [2.24, 2.45) is 0 Å². The van der Waals surface area contributed by atoms with Crippen molar-refractivity contribution in [2.45, 2.75) is 18.6 Å². The van der Waals surface area contributed by atoms with Crippen LogP contribution >= 0.6 is 11.3 Å². The van der Waals surface area contributed by atoms with Gasteiger partial charge >= 0.3 is 5.97 Å². The summed E-state index contributed by atoms with van der Waals surface area (Å²) < 4.78 is 11.1. The van der Waals surface area contributed by atoms with Crippen LogP contribution in [0.5, 0.6) is 0 Å². The molecule has 1 heterocycles. The average Bonchev–Trinajstić information content (AvgIpc) is 2.60. The summed E-state index contributed by atoms with van der Waals surface area (Å²) in [7, 11) is -0.866. The number of aromatic nitrogens is 1. The van der Waals surface area contributed by atoms with Crippen molar-refractivity contribution >= 4 is 33.2 Å². The number of nitrogens with one attached hydrogen (secondary N) is 1. The van der Waals surface area contributed by atoms with Crippen LogP contribution in [0.1, 0.15) is 12.6 Å².